The molecule has 0 spiro atoms. The number of nitrogens with zero attached hydrogens (tertiary/aromatic N) is 1. The van der Waals surface area contributed by atoms with Gasteiger partial charge in [0.15, 0.2) is 0 Å². The Bertz CT molecular complexity index is 1230. The molecule has 4 atom stereocenters. The van der Waals surface area contributed by atoms with E-state index in [-0.39, 0.29) is 11.8 Å². The molecule has 1 N–H and O–H groups in total. The van der Waals surface area contributed by atoms with Crippen molar-refractivity contribution in [2.45, 2.75) is 63.5 Å². The van der Waals surface area contributed by atoms with Crippen molar-refractivity contribution in [3.05, 3.63) is 70.3 Å². The first-order valence-electron chi connectivity index (χ1n) is 13.4. The fourth-order valence-corrected chi connectivity index (χ4v) is 6.70. The number of allylic oxidation sites excluding steroid dienone is 2. The molecule has 4 unspecified atom stereocenters. The number of aryl methyl sites for hydroxylation is 1. The highest BCUT2D eigenvalue weighted by atomic mass is 35.5. The maximum Gasteiger partial charge on any atom is 0.263 e. The van der Waals surface area contributed by atoms with Gasteiger partial charge in [0.05, 0.1) is 17.0 Å². The lowest BCUT2D eigenvalue weighted by atomic mass is 9.73. The van der Waals surface area contributed by atoms with Crippen molar-refractivity contribution in [1.82, 2.24) is 4.72 Å². The van der Waals surface area contributed by atoms with E-state index >= 15 is 0 Å². The molecule has 5 nitrogen and oxygen atoms in total. The maximum absolute atomic E-state index is 13.1. The van der Waals surface area contributed by atoms with Crippen LogP contribution in [0.1, 0.15) is 73.9 Å². The zero-order valence-corrected chi connectivity index (χ0v) is 23.5. The number of nitrogens with one attached hydrogen (secondary N) is 1. The lowest BCUT2D eigenvalue weighted by Crippen LogP contribution is -2.41. The molecule has 0 saturated heterocycles. The van der Waals surface area contributed by atoms with Gasteiger partial charge in [-0.3, -0.25) is 9.52 Å². The minimum Gasteiger partial charge on any atom is -0.491 e. The molecule has 1 fully saturated rings. The second-order valence-corrected chi connectivity index (χ2v) is 13.6. The van der Waals surface area contributed by atoms with Gasteiger partial charge in [0.25, 0.3) is 5.91 Å². The first-order chi connectivity index (χ1) is 17.7. The summed E-state index contributed by atoms with van der Waals surface area (Å²) in [5.41, 5.74) is 4.02. The highest BCUT2D eigenvalue weighted by molar-refractivity contribution is 7.85. The summed E-state index contributed by atoms with van der Waals surface area (Å²) in [6, 6.07) is 11.8. The maximum atomic E-state index is 13.1. The van der Waals surface area contributed by atoms with Crippen molar-refractivity contribution in [3.8, 4) is 5.75 Å². The van der Waals surface area contributed by atoms with E-state index in [0.29, 0.717) is 30.4 Å². The molecular formula is C30H37ClN2O3S. The zero-order valence-electron chi connectivity index (χ0n) is 22.0. The molecule has 37 heavy (non-hydrogen) atoms. The van der Waals surface area contributed by atoms with Gasteiger partial charge in [0.1, 0.15) is 16.7 Å². The molecule has 0 aromatic heterocycles. The summed E-state index contributed by atoms with van der Waals surface area (Å²) in [7, 11) is -1.51. The van der Waals surface area contributed by atoms with Crippen LogP contribution in [0.15, 0.2) is 48.6 Å². The van der Waals surface area contributed by atoms with E-state index < -0.39 is 15.7 Å². The number of amides is 1. The third kappa shape index (κ3) is 5.61. The Labute approximate surface area is 228 Å². The van der Waals surface area contributed by atoms with E-state index in [1.165, 1.54) is 24.0 Å². The molecule has 1 saturated carbocycles. The molecule has 3 aliphatic rings. The number of hydrogen-bond donors (Lipinski definition) is 1. The van der Waals surface area contributed by atoms with E-state index in [9.17, 15) is 9.00 Å². The van der Waals surface area contributed by atoms with Crippen LogP contribution in [-0.4, -0.2) is 34.6 Å². The van der Waals surface area contributed by atoms with Crippen molar-refractivity contribution in [2.75, 3.05) is 24.6 Å². The van der Waals surface area contributed by atoms with Gasteiger partial charge in [-0.2, -0.15) is 0 Å². The van der Waals surface area contributed by atoms with Crippen molar-refractivity contribution < 1.29 is 13.7 Å². The number of benzene rings is 2. The predicted octanol–water partition coefficient (Wildman–Crippen LogP) is 6.43. The SMILES string of the molecule is CCCc1cc(Cl)ccc1C1COc2ccc3cc2N(C1)CC1CCC1/C=C\CC(C)(C)S(=O)NC3=O. The molecule has 198 valence electrons. The predicted molar refractivity (Wildman–Crippen MR) is 152 cm³/mol. The highest BCUT2D eigenvalue weighted by Gasteiger charge is 2.35. The molecule has 5 rings (SSSR count). The Morgan fingerprint density at radius 2 is 2.00 bits per heavy atom. The highest BCUT2D eigenvalue weighted by Crippen LogP contribution is 2.42. The van der Waals surface area contributed by atoms with Crippen molar-refractivity contribution in [3.63, 3.8) is 0 Å². The fourth-order valence-electron chi connectivity index (χ4n) is 5.70. The van der Waals surface area contributed by atoms with Gasteiger partial charge in [0.2, 0.25) is 0 Å². The number of fused-ring (bicyclic) bond motifs is 2. The van der Waals surface area contributed by atoms with Crippen molar-refractivity contribution in [2.24, 2.45) is 11.8 Å². The monoisotopic (exact) mass is 540 g/mol. The number of rotatable bonds is 3. The number of ether oxygens (including phenoxy) is 1. The lowest BCUT2D eigenvalue weighted by molar-refractivity contribution is 0.0982. The fraction of sp³-hybridized carbons (Fsp3) is 0.500. The molecule has 2 aromatic rings. The molecule has 2 bridgehead atoms. The Kier molecular flexibility index (Phi) is 7.69. The second-order valence-electron chi connectivity index (χ2n) is 11.3. The number of hydrogen-bond acceptors (Lipinski definition) is 4. The molecule has 2 heterocycles. The van der Waals surface area contributed by atoms with E-state index in [0.717, 1.165) is 42.4 Å². The van der Waals surface area contributed by atoms with Gasteiger partial charge in [-0.1, -0.05) is 43.2 Å². The summed E-state index contributed by atoms with van der Waals surface area (Å²) >= 11 is 6.36. The number of anilines is 1. The van der Waals surface area contributed by atoms with Gasteiger partial charge in [-0.15, -0.1) is 0 Å². The number of carbonyl (C=O) groups is 1. The van der Waals surface area contributed by atoms with Crippen LogP contribution in [0.25, 0.3) is 0 Å². The Hall–Kier alpha value is -2.31. The van der Waals surface area contributed by atoms with Gasteiger partial charge in [-0.05, 0) is 92.8 Å². The van der Waals surface area contributed by atoms with E-state index in [1.54, 1.807) is 6.07 Å². The molecule has 7 heteroatoms. The van der Waals surface area contributed by atoms with Gasteiger partial charge < -0.3 is 9.64 Å². The van der Waals surface area contributed by atoms with Gasteiger partial charge >= 0.3 is 0 Å². The summed E-state index contributed by atoms with van der Waals surface area (Å²) < 4.78 is 21.6. The van der Waals surface area contributed by atoms with E-state index in [2.05, 4.69) is 40.8 Å². The van der Waals surface area contributed by atoms with Crippen LogP contribution in [0.4, 0.5) is 5.69 Å². The molecule has 2 aliphatic heterocycles. The molecular weight excluding hydrogens is 504 g/mol. The van der Waals surface area contributed by atoms with E-state index in [4.69, 9.17) is 16.3 Å². The van der Waals surface area contributed by atoms with Crippen LogP contribution in [0.3, 0.4) is 0 Å². The third-order valence-electron chi connectivity index (χ3n) is 8.12. The van der Waals surface area contributed by atoms with Crippen LogP contribution < -0.4 is 14.4 Å². The lowest BCUT2D eigenvalue weighted by Gasteiger charge is -2.40. The van der Waals surface area contributed by atoms with Crippen LogP contribution in [-0.2, 0) is 17.4 Å². The van der Waals surface area contributed by atoms with Crippen molar-refractivity contribution >= 4 is 34.2 Å². The number of carbonyl (C=O) groups excluding carboxylic acids is 1. The minimum atomic E-state index is -1.51. The smallest absolute Gasteiger partial charge is 0.263 e. The second kappa shape index (κ2) is 10.8. The Morgan fingerprint density at radius 3 is 2.76 bits per heavy atom. The third-order valence-corrected chi connectivity index (χ3v) is 9.89. The van der Waals surface area contributed by atoms with Crippen LogP contribution >= 0.6 is 11.6 Å². The Balaban J connectivity index is 1.53. The Morgan fingerprint density at radius 1 is 1.16 bits per heavy atom. The summed E-state index contributed by atoms with van der Waals surface area (Å²) in [4.78, 5) is 15.5. The van der Waals surface area contributed by atoms with Gasteiger partial charge in [0, 0.05) is 29.6 Å². The molecule has 0 radical (unpaired) electrons. The van der Waals surface area contributed by atoms with Crippen LogP contribution in [0, 0.1) is 11.8 Å². The topological polar surface area (TPSA) is 58.6 Å². The average Bonchev–Trinajstić information content (AvgIpc) is 3.03. The van der Waals surface area contributed by atoms with Gasteiger partial charge in [-0.25, -0.2) is 4.21 Å². The first-order valence-corrected chi connectivity index (χ1v) is 15.0. The molecule has 1 amide bonds. The van der Waals surface area contributed by atoms with Crippen molar-refractivity contribution in [1.29, 1.82) is 0 Å². The normalized spacial score (nSPS) is 28.0. The summed E-state index contributed by atoms with van der Waals surface area (Å²) in [5, 5.41) is 0.767. The molecule has 2 aromatic carbocycles. The summed E-state index contributed by atoms with van der Waals surface area (Å²) in [6.07, 6.45) is 9.52. The molecule has 1 aliphatic carbocycles. The quantitative estimate of drug-likeness (QED) is 0.455. The number of halogens is 1. The van der Waals surface area contributed by atoms with E-state index in [1.807, 2.05) is 32.0 Å². The van der Waals surface area contributed by atoms with Crippen LogP contribution in [0.5, 0.6) is 5.75 Å². The minimum absolute atomic E-state index is 0.185. The zero-order chi connectivity index (χ0) is 26.2. The summed E-state index contributed by atoms with van der Waals surface area (Å²) in [6.45, 7) is 8.36. The summed E-state index contributed by atoms with van der Waals surface area (Å²) in [5.74, 6) is 1.72. The first kappa shape index (κ1) is 26.3. The largest absolute Gasteiger partial charge is 0.491 e. The standard InChI is InChI=1S/C30H37ClN2O3S/c1-4-6-21-15-25(31)11-12-26(21)24-18-33-17-23-9-8-20(23)7-5-14-30(2,3)37(35)32-29(34)22-10-13-28(36-19-24)27(33)16-22/h5,7,10-13,15-16,20,23-24H,4,6,8-9,14,17-19H2,1-3H3,(H,32,34)/b7-5-. The van der Waals surface area contributed by atoms with Crippen LogP contribution in [0.2, 0.25) is 5.02 Å². The average molecular weight is 541 g/mol.